The van der Waals surface area contributed by atoms with Crippen molar-refractivity contribution < 1.29 is 9.53 Å². The van der Waals surface area contributed by atoms with Gasteiger partial charge in [-0.15, -0.1) is 0 Å². The molecule has 0 saturated heterocycles. The summed E-state index contributed by atoms with van der Waals surface area (Å²) in [5.74, 6) is -0.299. The number of carbonyl (C=O) groups excluding carboxylic acids is 1. The summed E-state index contributed by atoms with van der Waals surface area (Å²) in [7, 11) is 0. The molecule has 0 amide bonds. The zero-order valence-electron chi connectivity index (χ0n) is 9.50. The Hall–Kier alpha value is -1.38. The highest BCUT2D eigenvalue weighted by Gasteiger charge is 2.13. The number of ether oxygens (including phenoxy) is 1. The van der Waals surface area contributed by atoms with Gasteiger partial charge in [0.1, 0.15) is 0 Å². The minimum absolute atomic E-state index is 0.159. The molecule has 0 bridgehead atoms. The SMILES string of the molecule is CCOC(=O)Cc1c(Br)cc(C#N)cc1CN. The van der Waals surface area contributed by atoms with E-state index in [0.29, 0.717) is 16.6 Å². The first-order valence-electron chi connectivity index (χ1n) is 5.19. The van der Waals surface area contributed by atoms with Crippen LogP contribution in [0.3, 0.4) is 0 Å². The van der Waals surface area contributed by atoms with Gasteiger partial charge in [-0.25, -0.2) is 0 Å². The number of hydrogen-bond acceptors (Lipinski definition) is 4. The third kappa shape index (κ3) is 3.55. The molecule has 1 aromatic rings. The fraction of sp³-hybridized carbons (Fsp3) is 0.333. The Morgan fingerprint density at radius 3 is 2.82 bits per heavy atom. The van der Waals surface area contributed by atoms with Gasteiger partial charge >= 0.3 is 5.97 Å². The molecule has 0 radical (unpaired) electrons. The highest BCUT2D eigenvalue weighted by Crippen LogP contribution is 2.23. The Labute approximate surface area is 108 Å². The minimum atomic E-state index is -0.299. The second-order valence-electron chi connectivity index (χ2n) is 3.39. The molecule has 4 nitrogen and oxygen atoms in total. The van der Waals surface area contributed by atoms with E-state index < -0.39 is 0 Å². The molecular formula is C12H13BrN2O2. The first-order valence-corrected chi connectivity index (χ1v) is 5.98. The molecule has 17 heavy (non-hydrogen) atoms. The number of nitriles is 1. The minimum Gasteiger partial charge on any atom is -0.466 e. The molecule has 0 aromatic heterocycles. The summed E-state index contributed by atoms with van der Waals surface area (Å²) >= 11 is 3.34. The van der Waals surface area contributed by atoms with Crippen molar-refractivity contribution in [2.75, 3.05) is 6.61 Å². The first kappa shape index (κ1) is 13.7. The predicted octanol–water partition coefficient (Wildman–Crippen LogP) is 1.89. The van der Waals surface area contributed by atoms with Crippen LogP contribution in [0.4, 0.5) is 0 Å². The van der Waals surface area contributed by atoms with Gasteiger partial charge in [0.2, 0.25) is 0 Å². The Bertz CT molecular complexity index is 466. The van der Waals surface area contributed by atoms with E-state index in [1.807, 2.05) is 6.07 Å². The number of hydrogen-bond donors (Lipinski definition) is 1. The molecule has 0 saturated carbocycles. The lowest BCUT2D eigenvalue weighted by Gasteiger charge is -2.10. The van der Waals surface area contributed by atoms with Gasteiger partial charge in [-0.3, -0.25) is 4.79 Å². The number of nitrogens with zero attached hydrogens (tertiary/aromatic N) is 1. The largest absolute Gasteiger partial charge is 0.466 e. The van der Waals surface area contributed by atoms with Gasteiger partial charge in [-0.2, -0.15) is 5.26 Å². The summed E-state index contributed by atoms with van der Waals surface area (Å²) in [4.78, 5) is 11.4. The highest BCUT2D eigenvalue weighted by atomic mass is 79.9. The normalized spacial score (nSPS) is 9.76. The molecule has 0 atom stereocenters. The summed E-state index contributed by atoms with van der Waals surface area (Å²) in [6, 6.07) is 5.41. The van der Waals surface area contributed by atoms with Gasteiger partial charge in [0, 0.05) is 11.0 Å². The lowest BCUT2D eigenvalue weighted by atomic mass is 10.0. The Morgan fingerprint density at radius 2 is 2.29 bits per heavy atom. The molecule has 90 valence electrons. The molecule has 0 aliphatic heterocycles. The van der Waals surface area contributed by atoms with Gasteiger partial charge in [-0.05, 0) is 30.2 Å². The highest BCUT2D eigenvalue weighted by molar-refractivity contribution is 9.10. The van der Waals surface area contributed by atoms with Crippen LogP contribution >= 0.6 is 15.9 Å². The van der Waals surface area contributed by atoms with Crippen molar-refractivity contribution in [3.05, 3.63) is 33.3 Å². The molecule has 1 aromatic carbocycles. The molecule has 0 fully saturated rings. The van der Waals surface area contributed by atoms with Crippen LogP contribution in [0.1, 0.15) is 23.6 Å². The van der Waals surface area contributed by atoms with Crippen LogP contribution < -0.4 is 5.73 Å². The van der Waals surface area contributed by atoms with E-state index in [4.69, 9.17) is 15.7 Å². The smallest absolute Gasteiger partial charge is 0.310 e. The van der Waals surface area contributed by atoms with Gasteiger partial charge in [0.15, 0.2) is 0 Å². The third-order valence-corrected chi connectivity index (χ3v) is 2.97. The molecule has 5 heteroatoms. The van der Waals surface area contributed by atoms with Crippen molar-refractivity contribution in [1.29, 1.82) is 5.26 Å². The van der Waals surface area contributed by atoms with E-state index in [1.54, 1.807) is 19.1 Å². The fourth-order valence-corrected chi connectivity index (χ4v) is 2.14. The topological polar surface area (TPSA) is 76.1 Å². The molecular weight excluding hydrogens is 284 g/mol. The third-order valence-electron chi connectivity index (χ3n) is 2.26. The van der Waals surface area contributed by atoms with Crippen LogP contribution in [0.5, 0.6) is 0 Å². The van der Waals surface area contributed by atoms with Gasteiger partial charge in [0.05, 0.1) is 24.7 Å². The number of rotatable bonds is 4. The second-order valence-corrected chi connectivity index (χ2v) is 4.25. The van der Waals surface area contributed by atoms with Crippen LogP contribution in [0.25, 0.3) is 0 Å². The second kappa shape index (κ2) is 6.38. The van der Waals surface area contributed by atoms with Crippen LogP contribution in [0.15, 0.2) is 16.6 Å². The van der Waals surface area contributed by atoms with E-state index in [-0.39, 0.29) is 18.9 Å². The predicted molar refractivity (Wildman–Crippen MR) is 67.1 cm³/mol. The number of carbonyl (C=O) groups is 1. The van der Waals surface area contributed by atoms with E-state index in [1.165, 1.54) is 0 Å². The Balaban J connectivity index is 3.06. The van der Waals surface area contributed by atoms with Crippen molar-refractivity contribution in [1.82, 2.24) is 0 Å². The standard InChI is InChI=1S/C12H13BrN2O2/c1-2-17-12(16)5-10-9(7-15)3-8(6-14)4-11(10)13/h3-4H,2,5,7,15H2,1H3. The Morgan fingerprint density at radius 1 is 1.59 bits per heavy atom. The van der Waals surface area contributed by atoms with Crippen molar-refractivity contribution in [2.45, 2.75) is 19.9 Å². The fourth-order valence-electron chi connectivity index (χ4n) is 1.49. The van der Waals surface area contributed by atoms with Crippen molar-refractivity contribution in [3.63, 3.8) is 0 Å². The number of esters is 1. The zero-order chi connectivity index (χ0) is 12.8. The molecule has 0 aliphatic carbocycles. The summed E-state index contributed by atoms with van der Waals surface area (Å²) < 4.78 is 5.60. The maximum Gasteiger partial charge on any atom is 0.310 e. The Kier molecular flexibility index (Phi) is 5.13. The monoisotopic (exact) mass is 296 g/mol. The lowest BCUT2D eigenvalue weighted by Crippen LogP contribution is -2.12. The molecule has 0 aliphatic rings. The maximum atomic E-state index is 11.4. The number of benzene rings is 1. The van der Waals surface area contributed by atoms with Crippen molar-refractivity contribution in [3.8, 4) is 6.07 Å². The average Bonchev–Trinajstić information content (AvgIpc) is 2.31. The number of halogens is 1. The summed E-state index contributed by atoms with van der Waals surface area (Å²) in [5.41, 5.74) is 7.69. The maximum absolute atomic E-state index is 11.4. The molecule has 1 rings (SSSR count). The van der Waals surface area contributed by atoms with Crippen molar-refractivity contribution in [2.24, 2.45) is 5.73 Å². The van der Waals surface area contributed by atoms with Gasteiger partial charge < -0.3 is 10.5 Å². The summed E-state index contributed by atoms with van der Waals surface area (Å²) in [6.45, 7) is 2.39. The van der Waals surface area contributed by atoms with Crippen LogP contribution in [-0.4, -0.2) is 12.6 Å². The van der Waals surface area contributed by atoms with E-state index in [9.17, 15) is 4.79 Å². The van der Waals surface area contributed by atoms with Gasteiger partial charge in [0.25, 0.3) is 0 Å². The first-order chi connectivity index (χ1) is 8.12. The lowest BCUT2D eigenvalue weighted by molar-refractivity contribution is -0.142. The zero-order valence-corrected chi connectivity index (χ0v) is 11.1. The number of nitrogens with two attached hydrogens (primary N) is 1. The van der Waals surface area contributed by atoms with E-state index >= 15 is 0 Å². The summed E-state index contributed by atoms with van der Waals surface area (Å²) in [5, 5.41) is 8.84. The molecule has 2 N–H and O–H groups in total. The summed E-state index contributed by atoms with van der Waals surface area (Å²) in [6.07, 6.45) is 0.159. The van der Waals surface area contributed by atoms with Gasteiger partial charge in [-0.1, -0.05) is 15.9 Å². The van der Waals surface area contributed by atoms with Crippen LogP contribution in [-0.2, 0) is 22.5 Å². The van der Waals surface area contributed by atoms with E-state index in [0.717, 1.165) is 11.1 Å². The quantitative estimate of drug-likeness (QED) is 0.861. The molecule has 0 heterocycles. The molecule has 0 spiro atoms. The van der Waals surface area contributed by atoms with Crippen LogP contribution in [0, 0.1) is 11.3 Å². The van der Waals surface area contributed by atoms with Crippen LogP contribution in [0.2, 0.25) is 0 Å². The molecule has 0 unspecified atom stereocenters. The van der Waals surface area contributed by atoms with Crippen molar-refractivity contribution >= 4 is 21.9 Å². The van der Waals surface area contributed by atoms with E-state index in [2.05, 4.69) is 15.9 Å². The average molecular weight is 297 g/mol.